The highest BCUT2D eigenvalue weighted by Crippen LogP contribution is 2.39. The Balaban J connectivity index is 2.26. The zero-order chi connectivity index (χ0) is 11.1. The molecule has 2 rings (SSSR count). The summed E-state index contributed by atoms with van der Waals surface area (Å²) in [7, 11) is 0. The molecule has 0 aromatic carbocycles. The van der Waals surface area contributed by atoms with Crippen molar-refractivity contribution in [3.8, 4) is 0 Å². The van der Waals surface area contributed by atoms with Gasteiger partial charge >= 0.3 is 0 Å². The largest absolute Gasteiger partial charge is 0.309 e. The maximum absolute atomic E-state index is 3.67. The molecule has 1 aliphatic heterocycles. The lowest BCUT2D eigenvalue weighted by atomic mass is 9.74. The van der Waals surface area contributed by atoms with Gasteiger partial charge in [-0.3, -0.25) is 0 Å². The standard InChI is InChI=1S/C13H21NS/c1-9(13(2,3)4)12-10-6-8-15-11(10)5-7-14-12/h6,8-9,12,14H,5,7H2,1-4H3. The van der Waals surface area contributed by atoms with E-state index >= 15 is 0 Å². The first-order valence-corrected chi connectivity index (χ1v) is 6.68. The smallest absolute Gasteiger partial charge is 0.0362 e. The molecule has 0 aliphatic carbocycles. The average Bonchev–Trinajstić information content (AvgIpc) is 2.62. The highest BCUT2D eigenvalue weighted by molar-refractivity contribution is 7.10. The molecule has 1 N–H and O–H groups in total. The number of hydrogen-bond acceptors (Lipinski definition) is 2. The molecule has 0 saturated carbocycles. The van der Waals surface area contributed by atoms with Crippen molar-refractivity contribution in [3.05, 3.63) is 21.9 Å². The number of thiophene rings is 1. The summed E-state index contributed by atoms with van der Waals surface area (Å²) in [6.45, 7) is 10.5. The fourth-order valence-corrected chi connectivity index (χ4v) is 3.16. The summed E-state index contributed by atoms with van der Waals surface area (Å²) >= 11 is 1.92. The Bertz CT molecular complexity index is 335. The van der Waals surface area contributed by atoms with Gasteiger partial charge in [-0.15, -0.1) is 11.3 Å². The molecule has 15 heavy (non-hydrogen) atoms. The summed E-state index contributed by atoms with van der Waals surface area (Å²) in [6, 6.07) is 2.86. The summed E-state index contributed by atoms with van der Waals surface area (Å²) in [5.74, 6) is 0.672. The van der Waals surface area contributed by atoms with E-state index in [-0.39, 0.29) is 0 Å². The Labute approximate surface area is 96.9 Å². The Kier molecular flexibility index (Phi) is 2.91. The van der Waals surface area contributed by atoms with Crippen molar-refractivity contribution in [2.24, 2.45) is 11.3 Å². The quantitative estimate of drug-likeness (QED) is 0.767. The van der Waals surface area contributed by atoms with Crippen molar-refractivity contribution in [2.45, 2.75) is 40.2 Å². The number of hydrogen-bond donors (Lipinski definition) is 1. The van der Waals surface area contributed by atoms with Crippen molar-refractivity contribution >= 4 is 11.3 Å². The van der Waals surface area contributed by atoms with Crippen LogP contribution in [0.2, 0.25) is 0 Å². The molecule has 0 spiro atoms. The second-order valence-electron chi connectivity index (χ2n) is 5.64. The van der Waals surface area contributed by atoms with E-state index in [0.29, 0.717) is 17.4 Å². The lowest BCUT2D eigenvalue weighted by molar-refractivity contribution is 0.194. The molecule has 2 heterocycles. The SMILES string of the molecule is CC(C1NCCc2sccc21)C(C)(C)C. The van der Waals surface area contributed by atoms with E-state index in [1.807, 2.05) is 11.3 Å². The van der Waals surface area contributed by atoms with Crippen LogP contribution in [-0.2, 0) is 6.42 Å². The van der Waals surface area contributed by atoms with Crippen LogP contribution in [0.1, 0.15) is 44.2 Å². The van der Waals surface area contributed by atoms with Gasteiger partial charge < -0.3 is 5.32 Å². The van der Waals surface area contributed by atoms with Gasteiger partial charge in [-0.05, 0) is 34.8 Å². The van der Waals surface area contributed by atoms with E-state index in [9.17, 15) is 0 Å². The van der Waals surface area contributed by atoms with E-state index in [2.05, 4.69) is 44.5 Å². The van der Waals surface area contributed by atoms with E-state index in [1.165, 1.54) is 6.42 Å². The number of rotatable bonds is 1. The maximum atomic E-state index is 3.67. The van der Waals surface area contributed by atoms with Crippen molar-refractivity contribution in [1.29, 1.82) is 0 Å². The minimum Gasteiger partial charge on any atom is -0.309 e. The summed E-state index contributed by atoms with van der Waals surface area (Å²) in [6.07, 6.45) is 1.21. The lowest BCUT2D eigenvalue weighted by Crippen LogP contribution is -2.37. The molecule has 0 fully saturated rings. The molecular weight excluding hydrogens is 202 g/mol. The Morgan fingerprint density at radius 3 is 2.87 bits per heavy atom. The van der Waals surface area contributed by atoms with E-state index in [4.69, 9.17) is 0 Å². The minimum atomic E-state index is 0.369. The third-order valence-electron chi connectivity index (χ3n) is 3.70. The van der Waals surface area contributed by atoms with Gasteiger partial charge in [0, 0.05) is 17.5 Å². The zero-order valence-electron chi connectivity index (χ0n) is 10.1. The van der Waals surface area contributed by atoms with Crippen LogP contribution in [0.3, 0.4) is 0 Å². The van der Waals surface area contributed by atoms with E-state index in [0.717, 1.165) is 6.54 Å². The molecule has 2 unspecified atom stereocenters. The maximum Gasteiger partial charge on any atom is 0.0362 e. The molecule has 1 nitrogen and oxygen atoms in total. The van der Waals surface area contributed by atoms with Gasteiger partial charge in [0.25, 0.3) is 0 Å². The summed E-state index contributed by atoms with van der Waals surface area (Å²) in [5, 5.41) is 5.91. The van der Waals surface area contributed by atoms with Gasteiger partial charge in [-0.25, -0.2) is 0 Å². The fraction of sp³-hybridized carbons (Fsp3) is 0.692. The molecule has 1 aromatic heterocycles. The van der Waals surface area contributed by atoms with Crippen LogP contribution in [0.15, 0.2) is 11.4 Å². The van der Waals surface area contributed by atoms with Crippen LogP contribution in [-0.4, -0.2) is 6.54 Å². The zero-order valence-corrected chi connectivity index (χ0v) is 10.9. The third-order valence-corrected chi connectivity index (χ3v) is 4.69. The molecule has 84 valence electrons. The van der Waals surface area contributed by atoms with Gasteiger partial charge in [-0.2, -0.15) is 0 Å². The molecule has 0 radical (unpaired) electrons. The lowest BCUT2D eigenvalue weighted by Gasteiger charge is -2.37. The Hall–Kier alpha value is -0.340. The molecule has 1 aliphatic rings. The number of fused-ring (bicyclic) bond motifs is 1. The topological polar surface area (TPSA) is 12.0 Å². The van der Waals surface area contributed by atoms with Crippen molar-refractivity contribution in [1.82, 2.24) is 5.32 Å². The summed E-state index contributed by atoms with van der Waals surface area (Å²) in [4.78, 5) is 1.59. The van der Waals surface area contributed by atoms with Gasteiger partial charge in [0.2, 0.25) is 0 Å². The molecule has 1 aromatic rings. The van der Waals surface area contributed by atoms with Gasteiger partial charge in [-0.1, -0.05) is 27.7 Å². The molecular formula is C13H21NS. The predicted molar refractivity (Wildman–Crippen MR) is 67.4 cm³/mol. The average molecular weight is 223 g/mol. The number of nitrogens with one attached hydrogen (secondary N) is 1. The van der Waals surface area contributed by atoms with Gasteiger partial charge in [0.05, 0.1) is 0 Å². The van der Waals surface area contributed by atoms with Crippen molar-refractivity contribution < 1.29 is 0 Å². The van der Waals surface area contributed by atoms with Crippen LogP contribution >= 0.6 is 11.3 Å². The minimum absolute atomic E-state index is 0.369. The van der Waals surface area contributed by atoms with Gasteiger partial charge in [0.1, 0.15) is 0 Å². The summed E-state index contributed by atoms with van der Waals surface area (Å²) in [5.41, 5.74) is 1.92. The van der Waals surface area contributed by atoms with Crippen molar-refractivity contribution in [3.63, 3.8) is 0 Å². The van der Waals surface area contributed by atoms with Gasteiger partial charge in [0.15, 0.2) is 0 Å². The fourth-order valence-electron chi connectivity index (χ4n) is 2.23. The molecule has 2 heteroatoms. The highest BCUT2D eigenvalue weighted by Gasteiger charge is 2.32. The third kappa shape index (κ3) is 2.11. The highest BCUT2D eigenvalue weighted by atomic mass is 32.1. The van der Waals surface area contributed by atoms with Crippen molar-refractivity contribution in [2.75, 3.05) is 6.54 Å². The van der Waals surface area contributed by atoms with Crippen LogP contribution in [0, 0.1) is 11.3 Å². The first-order valence-electron chi connectivity index (χ1n) is 5.80. The monoisotopic (exact) mass is 223 g/mol. The molecule has 0 bridgehead atoms. The first-order chi connectivity index (χ1) is 7.00. The van der Waals surface area contributed by atoms with Crippen LogP contribution in [0.4, 0.5) is 0 Å². The molecule has 0 amide bonds. The Morgan fingerprint density at radius 1 is 1.47 bits per heavy atom. The molecule has 2 atom stereocenters. The normalized spacial score (nSPS) is 23.6. The van der Waals surface area contributed by atoms with Crippen LogP contribution in [0.25, 0.3) is 0 Å². The Morgan fingerprint density at radius 2 is 2.20 bits per heavy atom. The second-order valence-corrected chi connectivity index (χ2v) is 6.64. The first kappa shape index (κ1) is 11.2. The van der Waals surface area contributed by atoms with Crippen LogP contribution < -0.4 is 5.32 Å². The molecule has 0 saturated heterocycles. The van der Waals surface area contributed by atoms with E-state index < -0.39 is 0 Å². The summed E-state index contributed by atoms with van der Waals surface area (Å²) < 4.78 is 0. The van der Waals surface area contributed by atoms with Crippen LogP contribution in [0.5, 0.6) is 0 Å². The predicted octanol–water partition coefficient (Wildman–Crippen LogP) is 3.62. The second kappa shape index (κ2) is 3.91. The van der Waals surface area contributed by atoms with E-state index in [1.54, 1.807) is 10.4 Å².